The van der Waals surface area contributed by atoms with Crippen molar-refractivity contribution in [1.82, 2.24) is 0 Å². The zero-order valence-corrected chi connectivity index (χ0v) is 17.7. The highest BCUT2D eigenvalue weighted by atomic mass is 28.4. The van der Waals surface area contributed by atoms with Crippen molar-refractivity contribution in [2.45, 2.75) is 116 Å². The maximum Gasteiger partial charge on any atom is 0.183 e. The molecule has 0 rings (SSSR count). The molecule has 0 unspecified atom stereocenters. The molecule has 0 N–H and O–H groups in total. The van der Waals surface area contributed by atoms with Gasteiger partial charge in [-0.05, 0) is 51.7 Å². The van der Waals surface area contributed by atoms with Crippen LogP contribution in [-0.2, 0) is 4.43 Å². The monoisotopic (exact) mass is 340 g/mol. The van der Waals surface area contributed by atoms with E-state index in [1.165, 1.54) is 89.9 Å². The van der Waals surface area contributed by atoms with Gasteiger partial charge in [-0.1, -0.05) is 76.9 Å². The van der Waals surface area contributed by atoms with Crippen LogP contribution < -0.4 is 0 Å². The highest BCUT2D eigenvalue weighted by Crippen LogP contribution is 2.10. The minimum absolute atomic E-state index is 0.980. The molecule has 0 aromatic rings. The van der Waals surface area contributed by atoms with Crippen molar-refractivity contribution in [1.29, 1.82) is 0 Å². The summed E-state index contributed by atoms with van der Waals surface area (Å²) in [6.07, 6.45) is 24.0. The number of unbranched alkanes of at least 4 members (excludes halogenated alkanes) is 12. The van der Waals surface area contributed by atoms with E-state index in [4.69, 9.17) is 4.43 Å². The molecular formula is C21H44OSi. The Morgan fingerprint density at radius 1 is 0.609 bits per heavy atom. The number of hydrogen-bond acceptors (Lipinski definition) is 1. The van der Waals surface area contributed by atoms with E-state index >= 15 is 0 Å². The number of allylic oxidation sites excluding steroid dienone is 2. The molecule has 0 radical (unpaired) electrons. The Morgan fingerprint density at radius 2 is 1.04 bits per heavy atom. The van der Waals surface area contributed by atoms with Gasteiger partial charge < -0.3 is 4.43 Å². The van der Waals surface area contributed by atoms with Crippen LogP contribution in [0.2, 0.25) is 19.6 Å². The van der Waals surface area contributed by atoms with Crippen LogP contribution in [0.4, 0.5) is 0 Å². The van der Waals surface area contributed by atoms with E-state index in [2.05, 4.69) is 38.7 Å². The van der Waals surface area contributed by atoms with Gasteiger partial charge >= 0.3 is 0 Å². The van der Waals surface area contributed by atoms with E-state index < -0.39 is 8.32 Å². The van der Waals surface area contributed by atoms with E-state index in [0.29, 0.717) is 0 Å². The van der Waals surface area contributed by atoms with Crippen LogP contribution in [0.1, 0.15) is 96.8 Å². The fourth-order valence-corrected chi connectivity index (χ4v) is 3.48. The quantitative estimate of drug-likeness (QED) is 0.149. The predicted molar refractivity (Wildman–Crippen MR) is 109 cm³/mol. The van der Waals surface area contributed by atoms with Gasteiger partial charge in [0.05, 0.1) is 0 Å². The summed E-state index contributed by atoms with van der Waals surface area (Å²) in [7, 11) is -1.28. The Labute approximate surface area is 148 Å². The summed E-state index contributed by atoms with van der Waals surface area (Å²) in [5.74, 6) is 0. The lowest BCUT2D eigenvalue weighted by atomic mass is 10.1. The lowest BCUT2D eigenvalue weighted by Gasteiger charge is -2.16. The molecule has 0 heterocycles. The fourth-order valence-electron chi connectivity index (χ4n) is 2.73. The molecule has 0 saturated carbocycles. The van der Waals surface area contributed by atoms with Crippen LogP contribution in [0.25, 0.3) is 0 Å². The third-order valence-electron chi connectivity index (χ3n) is 4.19. The van der Waals surface area contributed by atoms with Crippen LogP contribution in [0.15, 0.2) is 12.2 Å². The Bertz CT molecular complexity index is 255. The lowest BCUT2D eigenvalue weighted by molar-refractivity contribution is 0.298. The minimum atomic E-state index is -1.28. The molecule has 0 fully saturated rings. The molecule has 2 heteroatoms. The summed E-state index contributed by atoms with van der Waals surface area (Å²) in [4.78, 5) is 0. The standard InChI is InChI=1S/C21H44OSi/c1-5-6-7-8-9-10-11-12-13-14-15-16-17-18-19-20-21-22-23(2,3)4/h13-14H,5-12,15-21H2,1-4H3/b14-13+. The van der Waals surface area contributed by atoms with E-state index in [1.54, 1.807) is 0 Å². The van der Waals surface area contributed by atoms with Crippen molar-refractivity contribution in [2.24, 2.45) is 0 Å². The van der Waals surface area contributed by atoms with Gasteiger partial charge in [0.1, 0.15) is 0 Å². The molecule has 0 aliphatic carbocycles. The fraction of sp³-hybridized carbons (Fsp3) is 0.905. The minimum Gasteiger partial charge on any atom is -0.418 e. The van der Waals surface area contributed by atoms with Crippen molar-refractivity contribution in [3.05, 3.63) is 12.2 Å². The van der Waals surface area contributed by atoms with Crippen LogP contribution >= 0.6 is 0 Å². The third kappa shape index (κ3) is 21.9. The Balaban J connectivity index is 3.11. The zero-order valence-electron chi connectivity index (χ0n) is 16.7. The number of hydrogen-bond donors (Lipinski definition) is 0. The summed E-state index contributed by atoms with van der Waals surface area (Å²) < 4.78 is 5.88. The van der Waals surface area contributed by atoms with Crippen LogP contribution in [0.5, 0.6) is 0 Å². The molecule has 0 saturated heterocycles. The van der Waals surface area contributed by atoms with Crippen molar-refractivity contribution in [3.8, 4) is 0 Å². The molecule has 1 nitrogen and oxygen atoms in total. The summed E-state index contributed by atoms with van der Waals surface area (Å²) in [6.45, 7) is 10.1. The van der Waals surface area contributed by atoms with Crippen molar-refractivity contribution >= 4 is 8.32 Å². The summed E-state index contributed by atoms with van der Waals surface area (Å²) in [5, 5.41) is 0. The molecular weight excluding hydrogens is 296 g/mol. The largest absolute Gasteiger partial charge is 0.418 e. The van der Waals surface area contributed by atoms with Gasteiger partial charge in [0, 0.05) is 6.61 Å². The highest BCUT2D eigenvalue weighted by molar-refractivity contribution is 6.69. The van der Waals surface area contributed by atoms with E-state index in [-0.39, 0.29) is 0 Å². The van der Waals surface area contributed by atoms with Gasteiger partial charge in [-0.25, -0.2) is 0 Å². The molecule has 0 amide bonds. The predicted octanol–water partition coefficient (Wildman–Crippen LogP) is 7.88. The second-order valence-electron chi connectivity index (χ2n) is 7.90. The molecule has 138 valence electrons. The average molecular weight is 341 g/mol. The molecule has 0 atom stereocenters. The molecule has 23 heavy (non-hydrogen) atoms. The first-order valence-corrected chi connectivity index (χ1v) is 13.8. The first kappa shape index (κ1) is 22.9. The Kier molecular flexibility index (Phi) is 16.7. The molecule has 0 spiro atoms. The number of rotatable bonds is 17. The molecule has 0 aliphatic heterocycles. The van der Waals surface area contributed by atoms with Crippen molar-refractivity contribution in [2.75, 3.05) is 6.61 Å². The summed E-state index contributed by atoms with van der Waals surface area (Å²) in [5.41, 5.74) is 0. The topological polar surface area (TPSA) is 9.23 Å². The highest BCUT2D eigenvalue weighted by Gasteiger charge is 2.12. The SMILES string of the molecule is CCCCCCCCC/C=C/CCCCCCCO[Si](C)(C)C. The molecule has 0 aromatic carbocycles. The van der Waals surface area contributed by atoms with Gasteiger partial charge in [-0.15, -0.1) is 0 Å². The molecule has 0 bridgehead atoms. The van der Waals surface area contributed by atoms with Gasteiger partial charge in [0.2, 0.25) is 0 Å². The Hall–Kier alpha value is -0.0831. The first-order valence-electron chi connectivity index (χ1n) is 10.3. The average Bonchev–Trinajstić information content (AvgIpc) is 2.49. The van der Waals surface area contributed by atoms with Gasteiger partial charge in [0.15, 0.2) is 8.32 Å². The zero-order chi connectivity index (χ0) is 17.2. The van der Waals surface area contributed by atoms with Gasteiger partial charge in [0.25, 0.3) is 0 Å². The normalized spacial score (nSPS) is 12.3. The van der Waals surface area contributed by atoms with E-state index in [1.807, 2.05) is 0 Å². The van der Waals surface area contributed by atoms with Crippen molar-refractivity contribution < 1.29 is 4.43 Å². The van der Waals surface area contributed by atoms with Crippen molar-refractivity contribution in [3.63, 3.8) is 0 Å². The first-order chi connectivity index (χ1) is 11.1. The van der Waals surface area contributed by atoms with Gasteiger partial charge in [-0.3, -0.25) is 0 Å². The maximum atomic E-state index is 5.88. The van der Waals surface area contributed by atoms with Gasteiger partial charge in [-0.2, -0.15) is 0 Å². The Morgan fingerprint density at radius 3 is 1.52 bits per heavy atom. The lowest BCUT2D eigenvalue weighted by Crippen LogP contribution is -2.25. The smallest absolute Gasteiger partial charge is 0.183 e. The van der Waals surface area contributed by atoms with E-state index in [0.717, 1.165) is 6.61 Å². The van der Waals surface area contributed by atoms with E-state index in [9.17, 15) is 0 Å². The van der Waals surface area contributed by atoms with Crippen LogP contribution in [0.3, 0.4) is 0 Å². The summed E-state index contributed by atoms with van der Waals surface area (Å²) >= 11 is 0. The molecule has 0 aromatic heterocycles. The second-order valence-corrected chi connectivity index (χ2v) is 12.4. The second kappa shape index (κ2) is 16.8. The maximum absolute atomic E-state index is 5.88. The third-order valence-corrected chi connectivity index (χ3v) is 5.26. The summed E-state index contributed by atoms with van der Waals surface area (Å²) in [6, 6.07) is 0. The molecule has 0 aliphatic rings. The van der Waals surface area contributed by atoms with Crippen LogP contribution in [0, 0.1) is 0 Å². The van der Waals surface area contributed by atoms with Crippen LogP contribution in [-0.4, -0.2) is 14.9 Å².